The molecule has 0 amide bonds. The van der Waals surface area contributed by atoms with Gasteiger partial charge in [-0.1, -0.05) is 0 Å². The van der Waals surface area contributed by atoms with Crippen LogP contribution < -0.4 is 5.32 Å². The molecule has 0 aromatic heterocycles. The van der Waals surface area contributed by atoms with Crippen molar-refractivity contribution < 1.29 is 14.2 Å². The number of ether oxygens (including phenoxy) is 3. The van der Waals surface area contributed by atoms with Crippen LogP contribution in [-0.4, -0.2) is 46.8 Å². The van der Waals surface area contributed by atoms with Gasteiger partial charge in [-0.05, 0) is 19.9 Å². The number of nitrogens with one attached hydrogen (secondary N) is 1. The Kier molecular flexibility index (Phi) is 8.33. The highest BCUT2D eigenvalue weighted by Crippen LogP contribution is 1.97. The number of hydrogen-bond acceptors (Lipinski definition) is 4. The highest BCUT2D eigenvalue weighted by atomic mass is 16.7. The molecule has 0 aliphatic rings. The summed E-state index contributed by atoms with van der Waals surface area (Å²) in [6, 6.07) is 0.201. The maximum Gasteiger partial charge on any atom is 0.171 e. The normalized spacial score (nSPS) is 13.6. The van der Waals surface area contributed by atoms with Crippen LogP contribution in [-0.2, 0) is 14.2 Å². The molecule has 80 valence electrons. The SMILES string of the molecule is COCCCNC(C)C(OC)OC. The van der Waals surface area contributed by atoms with Crippen molar-refractivity contribution in [2.75, 3.05) is 34.5 Å². The van der Waals surface area contributed by atoms with Gasteiger partial charge in [-0.25, -0.2) is 0 Å². The predicted octanol–water partition coefficient (Wildman–Crippen LogP) is 0.620. The number of hydrogen-bond donors (Lipinski definition) is 1. The average molecular weight is 191 g/mol. The maximum atomic E-state index is 5.10. The van der Waals surface area contributed by atoms with Gasteiger partial charge in [0.05, 0.1) is 6.04 Å². The second-order valence-electron chi connectivity index (χ2n) is 2.93. The van der Waals surface area contributed by atoms with Crippen LogP contribution in [0.25, 0.3) is 0 Å². The third-order valence-electron chi connectivity index (χ3n) is 1.86. The summed E-state index contributed by atoms with van der Waals surface area (Å²) in [6.45, 7) is 3.73. The van der Waals surface area contributed by atoms with Crippen LogP contribution in [0.4, 0.5) is 0 Å². The van der Waals surface area contributed by atoms with E-state index in [0.717, 1.165) is 19.6 Å². The van der Waals surface area contributed by atoms with Crippen LogP contribution in [0.1, 0.15) is 13.3 Å². The zero-order valence-electron chi connectivity index (χ0n) is 9.00. The summed E-state index contributed by atoms with van der Waals surface area (Å²) in [5.74, 6) is 0. The molecular weight excluding hydrogens is 170 g/mol. The first-order chi connectivity index (χ1) is 6.26. The van der Waals surface area contributed by atoms with Gasteiger partial charge >= 0.3 is 0 Å². The van der Waals surface area contributed by atoms with Gasteiger partial charge in [0, 0.05) is 27.9 Å². The van der Waals surface area contributed by atoms with Crippen molar-refractivity contribution in [2.24, 2.45) is 0 Å². The van der Waals surface area contributed by atoms with Gasteiger partial charge in [0.1, 0.15) is 0 Å². The fraction of sp³-hybridized carbons (Fsp3) is 1.00. The quantitative estimate of drug-likeness (QED) is 0.451. The molecule has 0 aliphatic heterocycles. The van der Waals surface area contributed by atoms with E-state index in [1.54, 1.807) is 21.3 Å². The van der Waals surface area contributed by atoms with Crippen LogP contribution >= 0.6 is 0 Å². The van der Waals surface area contributed by atoms with E-state index >= 15 is 0 Å². The summed E-state index contributed by atoms with van der Waals surface area (Å²) in [4.78, 5) is 0. The van der Waals surface area contributed by atoms with Crippen LogP contribution in [0.15, 0.2) is 0 Å². The Morgan fingerprint density at radius 2 is 1.77 bits per heavy atom. The number of methoxy groups -OCH3 is 3. The van der Waals surface area contributed by atoms with E-state index in [1.165, 1.54) is 0 Å². The lowest BCUT2D eigenvalue weighted by Crippen LogP contribution is -2.40. The van der Waals surface area contributed by atoms with Crippen molar-refractivity contribution in [2.45, 2.75) is 25.7 Å². The highest BCUT2D eigenvalue weighted by Gasteiger charge is 2.13. The Morgan fingerprint density at radius 1 is 1.15 bits per heavy atom. The molecule has 1 N–H and O–H groups in total. The minimum absolute atomic E-state index is 0.178. The van der Waals surface area contributed by atoms with Gasteiger partial charge in [-0.15, -0.1) is 0 Å². The molecule has 4 nitrogen and oxygen atoms in total. The third kappa shape index (κ3) is 5.99. The monoisotopic (exact) mass is 191 g/mol. The molecule has 4 heteroatoms. The van der Waals surface area contributed by atoms with Gasteiger partial charge in [-0.2, -0.15) is 0 Å². The Balaban J connectivity index is 3.42. The smallest absolute Gasteiger partial charge is 0.171 e. The Hall–Kier alpha value is -0.160. The standard InChI is InChI=1S/C9H21NO3/c1-8(9(12-3)13-4)10-6-5-7-11-2/h8-10H,5-7H2,1-4H3. The van der Waals surface area contributed by atoms with Crippen molar-refractivity contribution in [3.05, 3.63) is 0 Å². The molecule has 0 saturated carbocycles. The van der Waals surface area contributed by atoms with E-state index < -0.39 is 0 Å². The molecule has 13 heavy (non-hydrogen) atoms. The zero-order valence-corrected chi connectivity index (χ0v) is 9.00. The van der Waals surface area contributed by atoms with Crippen molar-refractivity contribution in [3.63, 3.8) is 0 Å². The van der Waals surface area contributed by atoms with Gasteiger partial charge in [-0.3, -0.25) is 0 Å². The van der Waals surface area contributed by atoms with Crippen molar-refractivity contribution in [3.8, 4) is 0 Å². The van der Waals surface area contributed by atoms with E-state index in [9.17, 15) is 0 Å². The summed E-state index contributed by atoms with van der Waals surface area (Å²) in [7, 11) is 4.99. The minimum Gasteiger partial charge on any atom is -0.385 e. The van der Waals surface area contributed by atoms with Crippen LogP contribution in [0.5, 0.6) is 0 Å². The minimum atomic E-state index is -0.178. The Bertz CT molecular complexity index is 107. The van der Waals surface area contributed by atoms with Crippen LogP contribution in [0, 0.1) is 0 Å². The van der Waals surface area contributed by atoms with Crippen LogP contribution in [0.3, 0.4) is 0 Å². The molecule has 0 rings (SSSR count). The largest absolute Gasteiger partial charge is 0.385 e. The predicted molar refractivity (Wildman–Crippen MR) is 51.8 cm³/mol. The Labute approximate surface area is 80.5 Å². The van der Waals surface area contributed by atoms with Crippen molar-refractivity contribution in [1.29, 1.82) is 0 Å². The molecule has 0 radical (unpaired) electrons. The summed E-state index contributed by atoms with van der Waals surface area (Å²) in [6.07, 6.45) is 0.823. The first-order valence-electron chi connectivity index (χ1n) is 4.54. The third-order valence-corrected chi connectivity index (χ3v) is 1.86. The molecule has 1 unspecified atom stereocenters. The summed E-state index contributed by atoms with van der Waals surface area (Å²) < 4.78 is 15.1. The van der Waals surface area contributed by atoms with E-state index in [0.29, 0.717) is 0 Å². The molecule has 1 atom stereocenters. The van der Waals surface area contributed by atoms with E-state index in [4.69, 9.17) is 14.2 Å². The first kappa shape index (κ1) is 12.8. The van der Waals surface area contributed by atoms with Crippen LogP contribution in [0.2, 0.25) is 0 Å². The zero-order chi connectivity index (χ0) is 10.1. The van der Waals surface area contributed by atoms with Gasteiger partial charge in [0.2, 0.25) is 0 Å². The first-order valence-corrected chi connectivity index (χ1v) is 4.54. The second-order valence-corrected chi connectivity index (χ2v) is 2.93. The summed E-state index contributed by atoms with van der Waals surface area (Å²) in [5, 5.41) is 3.29. The molecule has 0 aromatic carbocycles. The molecule has 0 aromatic rings. The van der Waals surface area contributed by atoms with Gasteiger partial charge in [0.25, 0.3) is 0 Å². The van der Waals surface area contributed by atoms with E-state index in [2.05, 4.69) is 5.32 Å². The second kappa shape index (κ2) is 8.44. The van der Waals surface area contributed by atoms with Gasteiger partial charge < -0.3 is 19.5 Å². The molecule has 0 spiro atoms. The average Bonchev–Trinajstić information content (AvgIpc) is 2.14. The lowest BCUT2D eigenvalue weighted by Gasteiger charge is -2.22. The fourth-order valence-electron chi connectivity index (χ4n) is 1.15. The molecule has 0 aliphatic carbocycles. The summed E-state index contributed by atoms with van der Waals surface area (Å²) in [5.41, 5.74) is 0. The fourth-order valence-corrected chi connectivity index (χ4v) is 1.15. The van der Waals surface area contributed by atoms with Gasteiger partial charge in [0.15, 0.2) is 6.29 Å². The van der Waals surface area contributed by atoms with Crippen molar-refractivity contribution >= 4 is 0 Å². The molecule has 0 bridgehead atoms. The molecular formula is C9H21NO3. The number of rotatable bonds is 8. The van der Waals surface area contributed by atoms with Crippen molar-refractivity contribution in [1.82, 2.24) is 5.32 Å². The topological polar surface area (TPSA) is 39.7 Å². The molecule has 0 fully saturated rings. The lowest BCUT2D eigenvalue weighted by molar-refractivity contribution is -0.119. The lowest BCUT2D eigenvalue weighted by atomic mass is 10.3. The molecule has 0 saturated heterocycles. The Morgan fingerprint density at radius 3 is 2.23 bits per heavy atom. The van der Waals surface area contributed by atoms with E-state index in [-0.39, 0.29) is 12.3 Å². The summed E-state index contributed by atoms with van der Waals surface area (Å²) >= 11 is 0. The highest BCUT2D eigenvalue weighted by molar-refractivity contribution is 4.63. The maximum absolute atomic E-state index is 5.10. The molecule has 0 heterocycles. The van der Waals surface area contributed by atoms with E-state index in [1.807, 2.05) is 6.92 Å².